The third-order valence-electron chi connectivity index (χ3n) is 7.87. The molecule has 1 saturated heterocycles. The minimum Gasteiger partial charge on any atom is -0.497 e. The summed E-state index contributed by atoms with van der Waals surface area (Å²) >= 11 is 1.51. The first-order valence-electron chi connectivity index (χ1n) is 14.5. The fourth-order valence-electron chi connectivity index (χ4n) is 5.48. The molecule has 0 N–H and O–H groups in total. The van der Waals surface area contributed by atoms with Crippen molar-refractivity contribution >= 4 is 22.9 Å². The van der Waals surface area contributed by atoms with Crippen LogP contribution in [0.15, 0.2) is 66.0 Å². The lowest BCUT2D eigenvalue weighted by Crippen LogP contribution is -2.48. The molecule has 0 saturated carbocycles. The molecule has 2 aliphatic heterocycles. The van der Waals surface area contributed by atoms with Gasteiger partial charge in [0.2, 0.25) is 6.79 Å². The number of hydrogen-bond donors (Lipinski definition) is 0. The molecule has 0 atom stereocenters. The number of nitrogens with zero attached hydrogens (tertiary/aromatic N) is 4. The predicted octanol–water partition coefficient (Wildman–Crippen LogP) is 5.06. The second kappa shape index (κ2) is 13.4. The van der Waals surface area contributed by atoms with Gasteiger partial charge in [-0.3, -0.25) is 9.69 Å². The van der Waals surface area contributed by atoms with Gasteiger partial charge < -0.3 is 33.5 Å². The van der Waals surface area contributed by atoms with E-state index in [0.29, 0.717) is 38.4 Å². The first kappa shape index (κ1) is 29.6. The summed E-state index contributed by atoms with van der Waals surface area (Å²) in [7, 11) is 4.97. The van der Waals surface area contributed by atoms with Crippen LogP contribution in [0.25, 0.3) is 0 Å². The fourth-order valence-corrected chi connectivity index (χ4v) is 6.29. The van der Waals surface area contributed by atoms with Crippen LogP contribution in [-0.4, -0.2) is 75.0 Å². The molecule has 2 aliphatic rings. The summed E-state index contributed by atoms with van der Waals surface area (Å²) in [5.41, 5.74) is 3.73. The molecule has 3 aromatic carbocycles. The van der Waals surface area contributed by atoms with E-state index in [1.165, 1.54) is 11.3 Å². The lowest BCUT2D eigenvalue weighted by Gasteiger charge is -2.35. The van der Waals surface area contributed by atoms with Crippen molar-refractivity contribution < 1.29 is 28.5 Å². The van der Waals surface area contributed by atoms with Gasteiger partial charge in [0, 0.05) is 62.0 Å². The van der Waals surface area contributed by atoms with Gasteiger partial charge in [0.25, 0.3) is 5.91 Å². The number of hydrogen-bond acceptors (Lipinski definition) is 10. The van der Waals surface area contributed by atoms with Crippen molar-refractivity contribution in [2.24, 2.45) is 0 Å². The highest BCUT2D eigenvalue weighted by molar-refractivity contribution is 7.09. The maximum atomic E-state index is 13.4. The molecule has 0 aliphatic carbocycles. The topological polar surface area (TPSA) is 85.8 Å². The smallest absolute Gasteiger partial charge is 0.273 e. The number of thiazole rings is 1. The van der Waals surface area contributed by atoms with Crippen LogP contribution in [0.4, 0.5) is 5.69 Å². The Kier molecular flexibility index (Phi) is 9.04. The van der Waals surface area contributed by atoms with E-state index in [0.717, 1.165) is 63.7 Å². The molecule has 4 aromatic rings. The van der Waals surface area contributed by atoms with Gasteiger partial charge in [-0.1, -0.05) is 12.1 Å². The van der Waals surface area contributed by atoms with Crippen LogP contribution >= 0.6 is 11.3 Å². The zero-order valence-electron chi connectivity index (χ0n) is 25.2. The van der Waals surface area contributed by atoms with Crippen molar-refractivity contribution in [3.05, 3.63) is 87.9 Å². The van der Waals surface area contributed by atoms with E-state index in [2.05, 4.69) is 21.9 Å². The molecule has 0 spiro atoms. The summed E-state index contributed by atoms with van der Waals surface area (Å²) < 4.78 is 27.5. The maximum Gasteiger partial charge on any atom is 0.273 e. The molecular formula is C33H36N4O6S. The van der Waals surface area contributed by atoms with Crippen LogP contribution < -0.4 is 28.6 Å². The number of methoxy groups -OCH3 is 3. The minimum atomic E-state index is -0.0268. The zero-order valence-corrected chi connectivity index (χ0v) is 26.0. The Bertz CT molecular complexity index is 1590. The number of carbonyl (C=O) groups is 1. The van der Waals surface area contributed by atoms with Crippen molar-refractivity contribution in [1.82, 2.24) is 14.8 Å². The third kappa shape index (κ3) is 6.68. The molecule has 44 heavy (non-hydrogen) atoms. The van der Waals surface area contributed by atoms with E-state index >= 15 is 0 Å². The molecule has 1 aromatic heterocycles. The van der Waals surface area contributed by atoms with E-state index < -0.39 is 0 Å². The van der Waals surface area contributed by atoms with Gasteiger partial charge in [-0.2, -0.15) is 0 Å². The van der Waals surface area contributed by atoms with Crippen LogP contribution in [0.3, 0.4) is 0 Å². The molecule has 0 radical (unpaired) electrons. The second-order valence-electron chi connectivity index (χ2n) is 10.6. The summed E-state index contributed by atoms with van der Waals surface area (Å²) in [6.07, 6.45) is 0. The molecular weight excluding hydrogens is 580 g/mol. The monoisotopic (exact) mass is 616 g/mol. The average Bonchev–Trinajstić information content (AvgIpc) is 3.74. The number of ether oxygens (including phenoxy) is 5. The van der Waals surface area contributed by atoms with Gasteiger partial charge in [-0.25, -0.2) is 4.98 Å². The van der Waals surface area contributed by atoms with Crippen LogP contribution in [0.1, 0.15) is 26.6 Å². The molecule has 10 nitrogen and oxygen atoms in total. The molecule has 230 valence electrons. The largest absolute Gasteiger partial charge is 0.497 e. The standard InChI is InChI=1S/C33H36N4O6S/c1-39-26-9-6-25(7-10-26)36-12-14-37(15-13-36)33(38)28-21-44-32(34-28)20-35(18-23-4-11-29-31(16-23)43-22-42-29)19-24-5-8-27(40-2)17-30(24)41-3/h4-11,16-17,21H,12-15,18-20,22H2,1-3H3. The first-order chi connectivity index (χ1) is 21.5. The van der Waals surface area contributed by atoms with Crippen molar-refractivity contribution in [3.63, 3.8) is 0 Å². The summed E-state index contributed by atoms with van der Waals surface area (Å²) in [5, 5.41) is 2.75. The number of benzene rings is 3. The molecule has 11 heteroatoms. The number of piperazine rings is 1. The summed E-state index contributed by atoms with van der Waals surface area (Å²) in [5.74, 6) is 3.80. The number of fused-ring (bicyclic) bond motifs is 1. The number of anilines is 1. The highest BCUT2D eigenvalue weighted by atomic mass is 32.1. The van der Waals surface area contributed by atoms with Gasteiger partial charge in [0.1, 0.15) is 28.0 Å². The van der Waals surface area contributed by atoms with Crippen molar-refractivity contribution in [1.29, 1.82) is 0 Å². The normalized spacial score (nSPS) is 14.2. The number of aromatic nitrogens is 1. The molecule has 1 amide bonds. The zero-order chi connectivity index (χ0) is 30.5. The van der Waals surface area contributed by atoms with E-state index in [4.69, 9.17) is 28.7 Å². The van der Waals surface area contributed by atoms with Crippen molar-refractivity contribution in [3.8, 4) is 28.7 Å². The van der Waals surface area contributed by atoms with Gasteiger partial charge in [0.05, 0.1) is 27.9 Å². The first-order valence-corrected chi connectivity index (χ1v) is 15.4. The molecule has 0 bridgehead atoms. The van der Waals surface area contributed by atoms with E-state index in [1.807, 2.05) is 58.8 Å². The average molecular weight is 617 g/mol. The molecule has 1 fully saturated rings. The van der Waals surface area contributed by atoms with Crippen LogP contribution in [0.5, 0.6) is 28.7 Å². The van der Waals surface area contributed by atoms with Crippen LogP contribution in [-0.2, 0) is 19.6 Å². The van der Waals surface area contributed by atoms with Gasteiger partial charge in [0.15, 0.2) is 11.5 Å². The Morgan fingerprint density at radius 2 is 1.59 bits per heavy atom. The Labute approximate surface area is 261 Å². The lowest BCUT2D eigenvalue weighted by molar-refractivity contribution is 0.0741. The van der Waals surface area contributed by atoms with Crippen LogP contribution in [0, 0.1) is 0 Å². The molecule has 0 unspecified atom stereocenters. The quantitative estimate of drug-likeness (QED) is 0.230. The molecule has 6 rings (SSSR count). The number of amides is 1. The lowest BCUT2D eigenvalue weighted by atomic mass is 10.1. The maximum absolute atomic E-state index is 13.4. The Morgan fingerprint density at radius 1 is 0.841 bits per heavy atom. The minimum absolute atomic E-state index is 0.0268. The Hall–Kier alpha value is -4.48. The fraction of sp³-hybridized carbons (Fsp3) is 0.333. The van der Waals surface area contributed by atoms with Crippen molar-refractivity contribution in [2.75, 3.05) is 59.2 Å². The second-order valence-corrected chi connectivity index (χ2v) is 11.6. The van der Waals surface area contributed by atoms with Gasteiger partial charge >= 0.3 is 0 Å². The van der Waals surface area contributed by atoms with Crippen LogP contribution in [0.2, 0.25) is 0 Å². The van der Waals surface area contributed by atoms with E-state index in [9.17, 15) is 4.79 Å². The van der Waals surface area contributed by atoms with Crippen molar-refractivity contribution in [2.45, 2.75) is 19.6 Å². The number of carbonyl (C=O) groups excluding carboxylic acids is 1. The van der Waals surface area contributed by atoms with Gasteiger partial charge in [-0.15, -0.1) is 11.3 Å². The summed E-state index contributed by atoms with van der Waals surface area (Å²) in [4.78, 5) is 24.7. The molecule has 3 heterocycles. The predicted molar refractivity (Wildman–Crippen MR) is 168 cm³/mol. The summed E-state index contributed by atoms with van der Waals surface area (Å²) in [6.45, 7) is 4.87. The summed E-state index contributed by atoms with van der Waals surface area (Å²) in [6, 6.07) is 19.9. The van der Waals surface area contributed by atoms with Gasteiger partial charge in [-0.05, 0) is 48.0 Å². The highest BCUT2D eigenvalue weighted by Crippen LogP contribution is 2.34. The highest BCUT2D eigenvalue weighted by Gasteiger charge is 2.25. The SMILES string of the molecule is COc1ccc(N2CCN(C(=O)c3csc(CN(Cc4ccc5c(c4)OCO5)Cc4ccc(OC)cc4OC)n3)CC2)cc1. The van der Waals surface area contributed by atoms with E-state index in [-0.39, 0.29) is 12.7 Å². The Morgan fingerprint density at radius 3 is 2.34 bits per heavy atom. The Balaban J connectivity index is 1.14. The number of rotatable bonds is 11. The third-order valence-corrected chi connectivity index (χ3v) is 8.70. The van der Waals surface area contributed by atoms with E-state index in [1.54, 1.807) is 21.3 Å².